The molecule has 0 saturated carbocycles. The van der Waals surface area contributed by atoms with E-state index in [2.05, 4.69) is 9.80 Å². The molecule has 5 rings (SSSR count). The van der Waals surface area contributed by atoms with Gasteiger partial charge in [-0.15, -0.1) is 0 Å². The smallest absolute Gasteiger partial charge is 0.182 e. The van der Waals surface area contributed by atoms with Crippen molar-refractivity contribution in [1.82, 2.24) is 9.80 Å². The number of fused-ring (bicyclic) bond motifs is 2. The topological polar surface area (TPSA) is 57.7 Å². The Morgan fingerprint density at radius 3 is 1.41 bits per heavy atom. The van der Waals surface area contributed by atoms with Crippen LogP contribution in [-0.2, 0) is 17.2 Å². The van der Waals surface area contributed by atoms with Crippen molar-refractivity contribution < 1.29 is 13.8 Å². The number of piperidine rings is 2. The molecule has 0 spiro atoms. The van der Waals surface area contributed by atoms with Gasteiger partial charge in [0.2, 0.25) is 0 Å². The largest absolute Gasteiger partial charge is 0.292 e. The molecule has 3 heterocycles. The van der Waals surface area contributed by atoms with Crippen molar-refractivity contribution in [3.8, 4) is 0 Å². The van der Waals surface area contributed by atoms with Crippen molar-refractivity contribution in [2.75, 3.05) is 26.2 Å². The number of hydrogen-bond donors (Lipinski definition) is 0. The summed E-state index contributed by atoms with van der Waals surface area (Å²) < 4.78 is 13.5. The summed E-state index contributed by atoms with van der Waals surface area (Å²) in [5, 5.41) is 0. The molecule has 0 radical (unpaired) electrons. The Hall–Kier alpha value is -2.15. The average molecular weight is 521 g/mol. The summed E-state index contributed by atoms with van der Waals surface area (Å²) in [7, 11) is -1.33. The van der Waals surface area contributed by atoms with E-state index in [1.165, 1.54) is 12.8 Å². The minimum Gasteiger partial charge on any atom is -0.292 e. The van der Waals surface area contributed by atoms with Crippen LogP contribution in [0.2, 0.25) is 0 Å². The Morgan fingerprint density at radius 2 is 1.03 bits per heavy atom. The summed E-state index contributed by atoms with van der Waals surface area (Å²) in [6, 6.07) is 11.3. The molecule has 2 aromatic carbocycles. The van der Waals surface area contributed by atoms with Gasteiger partial charge in [-0.05, 0) is 121 Å². The third-order valence-corrected chi connectivity index (χ3v) is 10.4. The maximum atomic E-state index is 13.6. The number of likely N-dealkylation sites (tertiary alicyclic amines) is 2. The molecule has 6 heteroatoms. The average Bonchev–Trinajstić information content (AvgIpc) is 2.92. The van der Waals surface area contributed by atoms with Gasteiger partial charge in [-0.3, -0.25) is 19.4 Å². The van der Waals surface area contributed by atoms with Crippen molar-refractivity contribution in [3.05, 3.63) is 58.7 Å². The van der Waals surface area contributed by atoms with Crippen LogP contribution in [0.1, 0.15) is 98.1 Å². The first-order valence-corrected chi connectivity index (χ1v) is 15.0. The Balaban J connectivity index is 1.41. The first kappa shape index (κ1) is 26.5. The van der Waals surface area contributed by atoms with Crippen LogP contribution in [0, 0.1) is 0 Å². The van der Waals surface area contributed by atoms with Gasteiger partial charge in [0.25, 0.3) is 0 Å². The highest BCUT2D eigenvalue weighted by Crippen LogP contribution is 2.35. The van der Waals surface area contributed by atoms with Crippen molar-refractivity contribution >= 4 is 22.4 Å². The van der Waals surface area contributed by atoms with Gasteiger partial charge in [0.05, 0.1) is 21.9 Å². The van der Waals surface area contributed by atoms with E-state index in [9.17, 15) is 13.8 Å². The quantitative estimate of drug-likeness (QED) is 0.393. The molecule has 0 aromatic heterocycles. The SMILES string of the molecule is CC(C)(C(=O)c1ccc2c(c1)Cc1cc(C(=O)C(C)(C)N3CCCCC3)ccc1S2=O)N1CCCCC1. The molecule has 0 unspecified atom stereocenters. The Labute approximate surface area is 224 Å². The molecule has 0 atom stereocenters. The Bertz CT molecular complexity index is 1140. The van der Waals surface area contributed by atoms with Crippen molar-refractivity contribution in [1.29, 1.82) is 0 Å². The number of hydrogen-bond acceptors (Lipinski definition) is 5. The first-order valence-electron chi connectivity index (χ1n) is 13.9. The van der Waals surface area contributed by atoms with Crippen molar-refractivity contribution in [2.24, 2.45) is 0 Å². The lowest BCUT2D eigenvalue weighted by Gasteiger charge is -2.40. The second kappa shape index (κ2) is 10.2. The van der Waals surface area contributed by atoms with Gasteiger partial charge in [0, 0.05) is 20.9 Å². The fraction of sp³-hybridized carbons (Fsp3) is 0.548. The summed E-state index contributed by atoms with van der Waals surface area (Å²) in [6.07, 6.45) is 7.55. The van der Waals surface area contributed by atoms with Crippen LogP contribution in [-0.4, -0.2) is 62.8 Å². The van der Waals surface area contributed by atoms with E-state index in [4.69, 9.17) is 0 Å². The van der Waals surface area contributed by atoms with E-state index in [1.807, 2.05) is 64.1 Å². The van der Waals surface area contributed by atoms with Gasteiger partial charge in [-0.1, -0.05) is 25.0 Å². The summed E-state index contributed by atoms with van der Waals surface area (Å²) in [6.45, 7) is 11.9. The molecule has 3 aliphatic heterocycles. The molecular formula is C31H40N2O3S. The van der Waals surface area contributed by atoms with E-state index in [-0.39, 0.29) is 11.6 Å². The molecule has 198 valence electrons. The highest BCUT2D eigenvalue weighted by Gasteiger charge is 2.38. The van der Waals surface area contributed by atoms with Crippen LogP contribution in [0.25, 0.3) is 0 Å². The predicted octanol–water partition coefficient (Wildman–Crippen LogP) is 5.65. The second-order valence-corrected chi connectivity index (χ2v) is 13.4. The number of nitrogens with zero attached hydrogens (tertiary/aromatic N) is 2. The third-order valence-electron chi connectivity index (χ3n) is 8.83. The minimum absolute atomic E-state index is 0.112. The Morgan fingerprint density at radius 1 is 0.649 bits per heavy atom. The number of rotatable bonds is 6. The molecule has 3 aliphatic rings. The fourth-order valence-electron chi connectivity index (χ4n) is 6.30. The molecule has 2 fully saturated rings. The van der Waals surface area contributed by atoms with Crippen molar-refractivity contribution in [2.45, 2.75) is 93.5 Å². The van der Waals surface area contributed by atoms with Gasteiger partial charge in [-0.2, -0.15) is 0 Å². The first-order chi connectivity index (χ1) is 17.6. The summed E-state index contributed by atoms with van der Waals surface area (Å²) in [5.74, 6) is 0.224. The van der Waals surface area contributed by atoms with E-state index >= 15 is 0 Å². The molecule has 5 nitrogen and oxygen atoms in total. The summed E-state index contributed by atoms with van der Waals surface area (Å²) in [5.41, 5.74) is 2.05. The number of ketones is 2. The molecular weight excluding hydrogens is 480 g/mol. The van der Waals surface area contributed by atoms with E-state index < -0.39 is 21.9 Å². The Kier molecular flexibility index (Phi) is 7.29. The molecule has 0 aliphatic carbocycles. The lowest BCUT2D eigenvalue weighted by molar-refractivity contribution is 0.0576. The maximum Gasteiger partial charge on any atom is 0.182 e. The van der Waals surface area contributed by atoms with E-state index in [0.717, 1.165) is 72.8 Å². The maximum absolute atomic E-state index is 13.6. The highest BCUT2D eigenvalue weighted by atomic mass is 32.2. The predicted molar refractivity (Wildman–Crippen MR) is 148 cm³/mol. The molecule has 0 bridgehead atoms. The van der Waals surface area contributed by atoms with Crippen LogP contribution >= 0.6 is 0 Å². The van der Waals surface area contributed by atoms with E-state index in [0.29, 0.717) is 17.5 Å². The standard InChI is InChI=1S/C31H40N2O3S/c1-30(2,32-15-7-5-8-16-32)28(34)22-11-13-26-24(19-22)21-25-20-23(12-14-27(25)37(26)36)29(35)31(3,4)33-17-9-6-10-18-33/h11-14,19-20H,5-10,15-18,21H2,1-4H3. The van der Waals surface area contributed by atoms with Crippen LogP contribution in [0.4, 0.5) is 0 Å². The normalized spacial score (nSPS) is 19.8. The zero-order valence-corrected chi connectivity index (χ0v) is 23.6. The summed E-state index contributed by atoms with van der Waals surface area (Å²) >= 11 is 0. The van der Waals surface area contributed by atoms with Gasteiger partial charge in [-0.25, -0.2) is 4.21 Å². The molecule has 2 saturated heterocycles. The third kappa shape index (κ3) is 4.88. The zero-order valence-electron chi connectivity index (χ0n) is 22.8. The van der Waals surface area contributed by atoms with Crippen LogP contribution < -0.4 is 0 Å². The monoisotopic (exact) mass is 520 g/mol. The number of benzene rings is 2. The van der Waals surface area contributed by atoms with Gasteiger partial charge in [0.1, 0.15) is 0 Å². The minimum atomic E-state index is -1.33. The lowest BCUT2D eigenvalue weighted by atomic mass is 9.87. The van der Waals surface area contributed by atoms with Crippen molar-refractivity contribution in [3.63, 3.8) is 0 Å². The fourth-order valence-corrected chi connectivity index (χ4v) is 7.66. The molecule has 37 heavy (non-hydrogen) atoms. The molecule has 2 aromatic rings. The highest BCUT2D eigenvalue weighted by molar-refractivity contribution is 7.85. The zero-order chi connectivity index (χ0) is 26.4. The van der Waals surface area contributed by atoms with Gasteiger partial charge >= 0.3 is 0 Å². The number of carbonyl (C=O) groups excluding carboxylic acids is 2. The van der Waals surface area contributed by atoms with E-state index in [1.54, 1.807) is 0 Å². The van der Waals surface area contributed by atoms with Gasteiger partial charge < -0.3 is 0 Å². The van der Waals surface area contributed by atoms with Crippen LogP contribution in [0.15, 0.2) is 46.2 Å². The second-order valence-electron chi connectivity index (χ2n) is 12.0. The lowest BCUT2D eigenvalue weighted by Crippen LogP contribution is -2.52. The number of Topliss-reactive ketones (excluding diaryl/α,β-unsaturated/α-hetero) is 2. The van der Waals surface area contributed by atoms with Gasteiger partial charge in [0.15, 0.2) is 11.6 Å². The molecule has 0 N–H and O–H groups in total. The summed E-state index contributed by atoms with van der Waals surface area (Å²) in [4.78, 5) is 33.4. The van der Waals surface area contributed by atoms with Crippen LogP contribution in [0.5, 0.6) is 0 Å². The number of carbonyl (C=O) groups is 2. The van der Waals surface area contributed by atoms with Crippen LogP contribution in [0.3, 0.4) is 0 Å². The molecule has 0 amide bonds.